The van der Waals surface area contributed by atoms with Crippen LogP contribution in [0.1, 0.15) is 27.9 Å². The predicted molar refractivity (Wildman–Crippen MR) is 108 cm³/mol. The Hall–Kier alpha value is -3.49. The van der Waals surface area contributed by atoms with Gasteiger partial charge in [-0.3, -0.25) is 14.5 Å². The molecule has 162 valence electrons. The van der Waals surface area contributed by atoms with E-state index in [1.54, 1.807) is 6.07 Å². The van der Waals surface area contributed by atoms with E-state index in [0.717, 1.165) is 12.1 Å². The molecule has 2 aliphatic rings. The molecule has 2 aliphatic heterocycles. The van der Waals surface area contributed by atoms with Crippen molar-refractivity contribution in [2.75, 3.05) is 18.1 Å². The summed E-state index contributed by atoms with van der Waals surface area (Å²) >= 11 is 0. The lowest BCUT2D eigenvalue weighted by Gasteiger charge is -2.32. The average Bonchev–Trinajstić information content (AvgIpc) is 3.03. The maximum Gasteiger partial charge on any atom is 0.297 e. The highest BCUT2D eigenvalue weighted by atomic mass is 19.2. The van der Waals surface area contributed by atoms with Crippen molar-refractivity contribution in [3.63, 3.8) is 0 Å². The molecular weight excluding hydrogens is 423 g/mol. The molecule has 3 aromatic rings. The first-order valence-corrected chi connectivity index (χ1v) is 9.94. The van der Waals surface area contributed by atoms with Gasteiger partial charge in [0.05, 0.1) is 30.2 Å². The van der Waals surface area contributed by atoms with Crippen molar-refractivity contribution in [3.05, 3.63) is 94.8 Å². The number of anilines is 2. The minimum atomic E-state index is -1.83. The van der Waals surface area contributed by atoms with Crippen LogP contribution in [0.3, 0.4) is 0 Å². The highest BCUT2D eigenvalue weighted by molar-refractivity contribution is 6.14. The first kappa shape index (κ1) is 20.4. The van der Waals surface area contributed by atoms with E-state index in [0.29, 0.717) is 12.1 Å². The van der Waals surface area contributed by atoms with Gasteiger partial charge >= 0.3 is 0 Å². The van der Waals surface area contributed by atoms with Crippen LogP contribution < -0.4 is 4.90 Å². The number of ether oxygens (including phenoxy) is 2. The zero-order valence-electron chi connectivity index (χ0n) is 16.6. The summed E-state index contributed by atoms with van der Waals surface area (Å²) in [4.78, 5) is 27.6. The van der Waals surface area contributed by atoms with Gasteiger partial charge in [-0.15, -0.1) is 0 Å². The standard InChI is InChI=1S/C24H16F3NO4/c25-18-5-2-1-4-16(18)22(29)14-6-9-21-17(12-14)24(31-10-3-11-32-24)23(30)28(21)15-7-8-19(26)20(27)13-15/h1-2,4-9,12-13H,3,10-11H2. The molecule has 0 bridgehead atoms. The van der Waals surface area contributed by atoms with Crippen molar-refractivity contribution in [2.45, 2.75) is 12.2 Å². The maximum atomic E-state index is 14.2. The van der Waals surface area contributed by atoms with Crippen molar-refractivity contribution in [1.29, 1.82) is 0 Å². The van der Waals surface area contributed by atoms with Gasteiger partial charge in [-0.2, -0.15) is 0 Å². The molecule has 0 radical (unpaired) electrons. The van der Waals surface area contributed by atoms with E-state index in [2.05, 4.69) is 0 Å². The average molecular weight is 439 g/mol. The topological polar surface area (TPSA) is 55.8 Å². The number of amides is 1. The van der Waals surface area contributed by atoms with E-state index in [4.69, 9.17) is 9.47 Å². The number of halogens is 3. The van der Waals surface area contributed by atoms with E-state index in [1.165, 1.54) is 47.4 Å². The zero-order valence-corrected chi connectivity index (χ0v) is 16.6. The first-order chi connectivity index (χ1) is 15.4. The van der Waals surface area contributed by atoms with E-state index in [1.807, 2.05) is 0 Å². The fourth-order valence-corrected chi connectivity index (χ4v) is 4.00. The van der Waals surface area contributed by atoms with Crippen LogP contribution in [0.4, 0.5) is 24.5 Å². The molecule has 0 atom stereocenters. The fourth-order valence-electron chi connectivity index (χ4n) is 4.00. The molecule has 1 saturated heterocycles. The number of hydrogen-bond donors (Lipinski definition) is 0. The molecule has 0 aromatic heterocycles. The Kier molecular flexibility index (Phi) is 4.83. The highest BCUT2D eigenvalue weighted by Crippen LogP contribution is 2.48. The van der Waals surface area contributed by atoms with Crippen molar-refractivity contribution in [3.8, 4) is 0 Å². The van der Waals surface area contributed by atoms with Crippen LogP contribution >= 0.6 is 0 Å². The lowest BCUT2D eigenvalue weighted by molar-refractivity contribution is -0.256. The van der Waals surface area contributed by atoms with E-state index in [-0.39, 0.29) is 35.6 Å². The molecule has 1 fully saturated rings. The Balaban J connectivity index is 1.66. The number of ketones is 1. The molecule has 0 saturated carbocycles. The second-order valence-electron chi connectivity index (χ2n) is 7.45. The van der Waals surface area contributed by atoms with Crippen LogP contribution in [0, 0.1) is 17.5 Å². The molecular formula is C24H16F3NO4. The van der Waals surface area contributed by atoms with E-state index >= 15 is 0 Å². The molecule has 3 aromatic carbocycles. The van der Waals surface area contributed by atoms with Gasteiger partial charge in [-0.05, 0) is 48.9 Å². The van der Waals surface area contributed by atoms with E-state index < -0.39 is 34.9 Å². The van der Waals surface area contributed by atoms with Gasteiger partial charge in [0.25, 0.3) is 11.7 Å². The number of carbonyl (C=O) groups is 2. The summed E-state index contributed by atoms with van der Waals surface area (Å²) in [5.41, 5.74) is 0.639. The smallest absolute Gasteiger partial charge is 0.297 e. The molecule has 5 rings (SSSR count). The lowest BCUT2D eigenvalue weighted by Crippen LogP contribution is -2.46. The summed E-state index contributed by atoms with van der Waals surface area (Å²) in [7, 11) is 0. The quantitative estimate of drug-likeness (QED) is 0.560. The number of hydrogen-bond acceptors (Lipinski definition) is 4. The zero-order chi connectivity index (χ0) is 22.5. The Morgan fingerprint density at radius 1 is 0.875 bits per heavy atom. The SMILES string of the molecule is O=C(c1ccc2c(c1)C1(OCCCO1)C(=O)N2c1ccc(F)c(F)c1)c1ccccc1F. The maximum absolute atomic E-state index is 14.2. The second kappa shape index (κ2) is 7.58. The Morgan fingerprint density at radius 2 is 1.62 bits per heavy atom. The Morgan fingerprint density at radius 3 is 2.34 bits per heavy atom. The minimum absolute atomic E-state index is 0.0815. The predicted octanol–water partition coefficient (Wildman–Crippen LogP) is 4.60. The summed E-state index contributed by atoms with van der Waals surface area (Å²) < 4.78 is 53.1. The van der Waals surface area contributed by atoms with Crippen molar-refractivity contribution < 1.29 is 32.2 Å². The van der Waals surface area contributed by atoms with Gasteiger partial charge in [-0.25, -0.2) is 13.2 Å². The van der Waals surface area contributed by atoms with Gasteiger partial charge in [0.15, 0.2) is 17.4 Å². The number of benzene rings is 3. The normalized spacial score (nSPS) is 17.0. The molecule has 2 heterocycles. The third-order valence-corrected chi connectivity index (χ3v) is 5.52. The molecule has 0 unspecified atom stereocenters. The molecule has 1 amide bonds. The largest absolute Gasteiger partial charge is 0.338 e. The van der Waals surface area contributed by atoms with Crippen molar-refractivity contribution >= 4 is 23.1 Å². The third-order valence-electron chi connectivity index (χ3n) is 5.52. The summed E-state index contributed by atoms with van der Waals surface area (Å²) in [5.74, 6) is -5.88. The Bertz CT molecular complexity index is 1250. The van der Waals surface area contributed by atoms with Crippen molar-refractivity contribution in [2.24, 2.45) is 0 Å². The van der Waals surface area contributed by atoms with Gasteiger partial charge in [-0.1, -0.05) is 12.1 Å². The fraction of sp³-hybridized carbons (Fsp3) is 0.167. The second-order valence-corrected chi connectivity index (χ2v) is 7.45. The van der Waals surface area contributed by atoms with Crippen LogP contribution in [0.25, 0.3) is 0 Å². The number of carbonyl (C=O) groups excluding carboxylic acids is 2. The van der Waals surface area contributed by atoms with Gasteiger partial charge in [0.2, 0.25) is 0 Å². The van der Waals surface area contributed by atoms with Crippen LogP contribution in [0.15, 0.2) is 60.7 Å². The minimum Gasteiger partial charge on any atom is -0.338 e. The Labute approximate surface area is 181 Å². The summed E-state index contributed by atoms with van der Waals surface area (Å²) in [6.45, 7) is 0.449. The molecule has 0 N–H and O–H groups in total. The first-order valence-electron chi connectivity index (χ1n) is 9.94. The molecule has 8 heteroatoms. The van der Waals surface area contributed by atoms with Gasteiger partial charge in [0, 0.05) is 17.2 Å². The van der Waals surface area contributed by atoms with Crippen LogP contribution in [0.2, 0.25) is 0 Å². The summed E-state index contributed by atoms with van der Waals surface area (Å²) in [6.07, 6.45) is 0.559. The summed E-state index contributed by atoms with van der Waals surface area (Å²) in [6, 6.07) is 13.0. The molecule has 32 heavy (non-hydrogen) atoms. The monoisotopic (exact) mass is 439 g/mol. The highest BCUT2D eigenvalue weighted by Gasteiger charge is 2.55. The van der Waals surface area contributed by atoms with E-state index in [9.17, 15) is 22.8 Å². The van der Waals surface area contributed by atoms with Gasteiger partial charge in [0.1, 0.15) is 5.82 Å². The molecule has 1 spiro atoms. The molecule has 5 nitrogen and oxygen atoms in total. The summed E-state index contributed by atoms with van der Waals surface area (Å²) in [5, 5.41) is 0. The number of nitrogens with zero attached hydrogens (tertiary/aromatic N) is 1. The van der Waals surface area contributed by atoms with Crippen LogP contribution in [-0.2, 0) is 20.1 Å². The lowest BCUT2D eigenvalue weighted by atomic mass is 9.97. The van der Waals surface area contributed by atoms with Crippen molar-refractivity contribution in [1.82, 2.24) is 0 Å². The third kappa shape index (κ3) is 3.03. The van der Waals surface area contributed by atoms with Crippen LogP contribution in [-0.4, -0.2) is 24.9 Å². The van der Waals surface area contributed by atoms with Gasteiger partial charge < -0.3 is 9.47 Å². The molecule has 0 aliphatic carbocycles. The number of rotatable bonds is 3. The number of fused-ring (bicyclic) bond motifs is 2. The van der Waals surface area contributed by atoms with Crippen LogP contribution in [0.5, 0.6) is 0 Å².